The van der Waals surface area contributed by atoms with Crippen LogP contribution in [0.25, 0.3) is 0 Å². The molecule has 1 aliphatic rings. The molecule has 0 bridgehead atoms. The van der Waals surface area contributed by atoms with Crippen molar-refractivity contribution in [1.29, 1.82) is 0 Å². The predicted octanol–water partition coefficient (Wildman–Crippen LogP) is 1.23. The van der Waals surface area contributed by atoms with Gasteiger partial charge >= 0.3 is 5.97 Å². The lowest BCUT2D eigenvalue weighted by Crippen LogP contribution is -2.32. The SMILES string of the molecule is O=CN1CCC(CCCn2ccnc2C(=O)O)CC1. The fourth-order valence-electron chi connectivity index (χ4n) is 2.59. The first-order valence-electron chi connectivity index (χ1n) is 6.64. The summed E-state index contributed by atoms with van der Waals surface area (Å²) in [5.74, 6) is -0.229. The van der Waals surface area contributed by atoms with E-state index >= 15 is 0 Å². The van der Waals surface area contributed by atoms with Gasteiger partial charge in [-0.05, 0) is 31.6 Å². The van der Waals surface area contributed by atoms with E-state index in [9.17, 15) is 9.59 Å². The molecule has 6 heteroatoms. The summed E-state index contributed by atoms with van der Waals surface area (Å²) in [6, 6.07) is 0. The van der Waals surface area contributed by atoms with E-state index in [2.05, 4.69) is 4.98 Å². The fourth-order valence-corrected chi connectivity index (χ4v) is 2.59. The fraction of sp³-hybridized carbons (Fsp3) is 0.615. The van der Waals surface area contributed by atoms with Crippen LogP contribution in [0.2, 0.25) is 0 Å². The largest absolute Gasteiger partial charge is 0.475 e. The van der Waals surface area contributed by atoms with Crippen LogP contribution in [-0.4, -0.2) is 45.0 Å². The highest BCUT2D eigenvalue weighted by molar-refractivity contribution is 5.83. The minimum Gasteiger partial charge on any atom is -0.475 e. The molecule has 0 spiro atoms. The number of piperidine rings is 1. The number of carboxylic acids is 1. The van der Waals surface area contributed by atoms with Gasteiger partial charge in [-0.2, -0.15) is 0 Å². The molecule has 104 valence electrons. The molecule has 1 aliphatic heterocycles. The van der Waals surface area contributed by atoms with E-state index in [1.165, 1.54) is 6.20 Å². The Balaban J connectivity index is 1.73. The maximum atomic E-state index is 10.9. The van der Waals surface area contributed by atoms with Crippen molar-refractivity contribution in [3.05, 3.63) is 18.2 Å². The highest BCUT2D eigenvalue weighted by Gasteiger charge is 2.18. The molecule has 1 aromatic heterocycles. The average Bonchev–Trinajstić information content (AvgIpc) is 2.88. The predicted molar refractivity (Wildman–Crippen MR) is 68.8 cm³/mol. The van der Waals surface area contributed by atoms with Gasteiger partial charge in [0, 0.05) is 32.0 Å². The number of rotatable bonds is 6. The normalized spacial score (nSPS) is 16.5. The van der Waals surface area contributed by atoms with Gasteiger partial charge in [-0.15, -0.1) is 0 Å². The lowest BCUT2D eigenvalue weighted by atomic mass is 9.92. The summed E-state index contributed by atoms with van der Waals surface area (Å²) in [4.78, 5) is 27.1. The van der Waals surface area contributed by atoms with Crippen molar-refractivity contribution >= 4 is 12.4 Å². The second-order valence-electron chi connectivity index (χ2n) is 4.98. The monoisotopic (exact) mass is 265 g/mol. The van der Waals surface area contributed by atoms with Crippen LogP contribution in [0.1, 0.15) is 36.3 Å². The summed E-state index contributed by atoms with van der Waals surface area (Å²) in [6.45, 7) is 2.38. The van der Waals surface area contributed by atoms with Gasteiger partial charge in [0.15, 0.2) is 0 Å². The van der Waals surface area contributed by atoms with Crippen LogP contribution in [0, 0.1) is 5.92 Å². The maximum absolute atomic E-state index is 10.9. The molecule has 19 heavy (non-hydrogen) atoms. The summed E-state index contributed by atoms with van der Waals surface area (Å²) in [5, 5.41) is 8.94. The van der Waals surface area contributed by atoms with E-state index in [0.29, 0.717) is 12.5 Å². The van der Waals surface area contributed by atoms with Gasteiger partial charge < -0.3 is 14.6 Å². The van der Waals surface area contributed by atoms with Crippen molar-refractivity contribution in [1.82, 2.24) is 14.5 Å². The minimum atomic E-state index is -0.982. The van der Waals surface area contributed by atoms with E-state index in [1.807, 2.05) is 4.90 Å². The molecule has 1 fully saturated rings. The number of nitrogens with zero attached hydrogens (tertiary/aromatic N) is 3. The average molecular weight is 265 g/mol. The van der Waals surface area contributed by atoms with E-state index in [-0.39, 0.29) is 5.82 Å². The van der Waals surface area contributed by atoms with Gasteiger partial charge in [0.25, 0.3) is 0 Å². The zero-order valence-corrected chi connectivity index (χ0v) is 10.9. The molecule has 0 unspecified atom stereocenters. The number of hydrogen-bond acceptors (Lipinski definition) is 3. The Bertz CT molecular complexity index is 436. The van der Waals surface area contributed by atoms with E-state index in [0.717, 1.165) is 45.2 Å². The quantitative estimate of drug-likeness (QED) is 0.785. The molecule has 2 heterocycles. The van der Waals surface area contributed by atoms with Gasteiger partial charge in [-0.1, -0.05) is 0 Å². The van der Waals surface area contributed by atoms with Crippen LogP contribution in [0.3, 0.4) is 0 Å². The van der Waals surface area contributed by atoms with Gasteiger partial charge in [-0.25, -0.2) is 9.78 Å². The lowest BCUT2D eigenvalue weighted by Gasteiger charge is -2.29. The molecule has 1 aromatic rings. The minimum absolute atomic E-state index is 0.107. The second-order valence-corrected chi connectivity index (χ2v) is 4.98. The number of likely N-dealkylation sites (tertiary alicyclic amines) is 1. The Morgan fingerprint density at radius 3 is 2.84 bits per heavy atom. The van der Waals surface area contributed by atoms with Gasteiger partial charge in [0.1, 0.15) is 0 Å². The first-order valence-corrected chi connectivity index (χ1v) is 6.64. The molecule has 0 saturated carbocycles. The topological polar surface area (TPSA) is 75.4 Å². The summed E-state index contributed by atoms with van der Waals surface area (Å²) < 4.78 is 1.68. The highest BCUT2D eigenvalue weighted by Crippen LogP contribution is 2.21. The van der Waals surface area contributed by atoms with Gasteiger partial charge in [0.2, 0.25) is 12.2 Å². The Morgan fingerprint density at radius 1 is 1.47 bits per heavy atom. The van der Waals surface area contributed by atoms with Crippen LogP contribution in [0.5, 0.6) is 0 Å². The molecule has 1 N–H and O–H groups in total. The summed E-state index contributed by atoms with van der Waals surface area (Å²) in [7, 11) is 0. The van der Waals surface area contributed by atoms with Crippen molar-refractivity contribution in [3.8, 4) is 0 Å². The molecule has 6 nitrogen and oxygen atoms in total. The number of aromatic carboxylic acids is 1. The maximum Gasteiger partial charge on any atom is 0.372 e. The first-order chi connectivity index (χ1) is 9.20. The number of carboxylic acid groups (broad SMARTS) is 1. The van der Waals surface area contributed by atoms with Crippen molar-refractivity contribution in [2.75, 3.05) is 13.1 Å². The van der Waals surface area contributed by atoms with Crippen molar-refractivity contribution in [2.45, 2.75) is 32.2 Å². The number of hydrogen-bond donors (Lipinski definition) is 1. The van der Waals surface area contributed by atoms with Crippen LogP contribution in [0.4, 0.5) is 0 Å². The number of carbonyl (C=O) groups excluding carboxylic acids is 1. The Morgan fingerprint density at radius 2 is 2.21 bits per heavy atom. The van der Waals surface area contributed by atoms with Crippen LogP contribution in [-0.2, 0) is 11.3 Å². The van der Waals surface area contributed by atoms with Crippen molar-refractivity contribution < 1.29 is 14.7 Å². The van der Waals surface area contributed by atoms with E-state index in [4.69, 9.17) is 5.11 Å². The zero-order chi connectivity index (χ0) is 13.7. The Kier molecular flexibility index (Phi) is 4.54. The molecular weight excluding hydrogens is 246 g/mol. The first kappa shape index (κ1) is 13.6. The van der Waals surface area contributed by atoms with Crippen molar-refractivity contribution in [2.24, 2.45) is 5.92 Å². The number of amides is 1. The number of carbonyl (C=O) groups is 2. The van der Waals surface area contributed by atoms with Gasteiger partial charge in [-0.3, -0.25) is 4.79 Å². The number of imidazole rings is 1. The summed E-state index contributed by atoms with van der Waals surface area (Å²) >= 11 is 0. The lowest BCUT2D eigenvalue weighted by molar-refractivity contribution is -0.119. The van der Waals surface area contributed by atoms with Crippen molar-refractivity contribution in [3.63, 3.8) is 0 Å². The standard InChI is InChI=1S/C13H19N3O3/c17-10-15-7-3-11(4-8-15)2-1-6-16-9-5-14-12(16)13(18)19/h5,9-11H,1-4,6-8H2,(H,18,19). The highest BCUT2D eigenvalue weighted by atomic mass is 16.4. The molecule has 1 amide bonds. The molecule has 1 saturated heterocycles. The molecule has 0 aromatic carbocycles. The van der Waals surface area contributed by atoms with E-state index < -0.39 is 5.97 Å². The summed E-state index contributed by atoms with van der Waals surface area (Å²) in [6.07, 6.45) is 8.26. The third-order valence-corrected chi connectivity index (χ3v) is 3.72. The Labute approximate surface area is 112 Å². The second kappa shape index (κ2) is 6.36. The Hall–Kier alpha value is -1.85. The zero-order valence-electron chi connectivity index (χ0n) is 10.9. The molecule has 2 rings (SSSR count). The van der Waals surface area contributed by atoms with Crippen LogP contribution in [0.15, 0.2) is 12.4 Å². The molecule has 0 aliphatic carbocycles. The smallest absolute Gasteiger partial charge is 0.372 e. The molecular formula is C13H19N3O3. The molecule has 0 radical (unpaired) electrons. The van der Waals surface area contributed by atoms with Gasteiger partial charge in [0.05, 0.1) is 0 Å². The van der Waals surface area contributed by atoms with Crippen LogP contribution < -0.4 is 0 Å². The number of aryl methyl sites for hydroxylation is 1. The third kappa shape index (κ3) is 3.56. The summed E-state index contributed by atoms with van der Waals surface area (Å²) in [5.41, 5.74) is 0. The number of aromatic nitrogens is 2. The van der Waals surface area contributed by atoms with Crippen LogP contribution >= 0.6 is 0 Å². The molecule has 0 atom stereocenters. The third-order valence-electron chi connectivity index (χ3n) is 3.72. The van der Waals surface area contributed by atoms with E-state index in [1.54, 1.807) is 10.8 Å².